The van der Waals surface area contributed by atoms with Crippen LogP contribution in [0.1, 0.15) is 24.8 Å². The van der Waals surface area contributed by atoms with E-state index in [0.29, 0.717) is 0 Å². The predicted molar refractivity (Wildman–Crippen MR) is 69.6 cm³/mol. The molecule has 1 aromatic heterocycles. The van der Waals surface area contributed by atoms with Crippen molar-refractivity contribution in [1.82, 2.24) is 10.3 Å². The number of halogens is 1. The lowest BCUT2D eigenvalue weighted by Crippen LogP contribution is -2.12. The van der Waals surface area contributed by atoms with Crippen molar-refractivity contribution in [2.24, 2.45) is 0 Å². The van der Waals surface area contributed by atoms with Gasteiger partial charge in [0.1, 0.15) is 0 Å². The summed E-state index contributed by atoms with van der Waals surface area (Å²) in [6.07, 6.45) is 4.11. The van der Waals surface area contributed by atoms with E-state index in [1.54, 1.807) is 6.20 Å². The second-order valence-corrected chi connectivity index (χ2v) is 5.14. The molecule has 1 saturated heterocycles. The highest BCUT2D eigenvalue weighted by Crippen LogP contribution is 2.28. The summed E-state index contributed by atoms with van der Waals surface area (Å²) in [6, 6.07) is 8.34. The highest BCUT2D eigenvalue weighted by molar-refractivity contribution is 9.10. The summed E-state index contributed by atoms with van der Waals surface area (Å²) >= 11 is 3.46. The summed E-state index contributed by atoms with van der Waals surface area (Å²) in [4.78, 5) is 4.36. The first-order chi connectivity index (χ1) is 8.33. The van der Waals surface area contributed by atoms with Crippen molar-refractivity contribution in [2.45, 2.75) is 18.9 Å². The molecule has 4 heteroatoms. The second kappa shape index (κ2) is 4.63. The Hall–Kier alpha value is -1.13. The van der Waals surface area contributed by atoms with E-state index < -0.39 is 0 Å². The van der Waals surface area contributed by atoms with Gasteiger partial charge in [0.2, 0.25) is 5.89 Å². The predicted octanol–water partition coefficient (Wildman–Crippen LogP) is 3.53. The first kappa shape index (κ1) is 11.0. The third-order valence-electron chi connectivity index (χ3n) is 2.99. The van der Waals surface area contributed by atoms with E-state index >= 15 is 0 Å². The van der Waals surface area contributed by atoms with E-state index in [-0.39, 0.29) is 6.04 Å². The maximum absolute atomic E-state index is 5.81. The SMILES string of the molecule is Brc1cccc(-c2cnc(C3CCCN3)o2)c1. The zero-order valence-corrected chi connectivity index (χ0v) is 10.9. The fraction of sp³-hybridized carbons (Fsp3) is 0.308. The van der Waals surface area contributed by atoms with Crippen LogP contribution in [-0.4, -0.2) is 11.5 Å². The van der Waals surface area contributed by atoms with E-state index in [1.165, 1.54) is 6.42 Å². The summed E-state index contributed by atoms with van der Waals surface area (Å²) in [5, 5.41) is 3.38. The van der Waals surface area contributed by atoms with Crippen LogP contribution in [0.25, 0.3) is 11.3 Å². The zero-order chi connectivity index (χ0) is 11.7. The van der Waals surface area contributed by atoms with E-state index in [2.05, 4.69) is 26.2 Å². The molecule has 3 rings (SSSR count). The minimum Gasteiger partial charge on any atom is -0.439 e. The maximum Gasteiger partial charge on any atom is 0.212 e. The monoisotopic (exact) mass is 292 g/mol. The van der Waals surface area contributed by atoms with Crippen molar-refractivity contribution in [1.29, 1.82) is 0 Å². The van der Waals surface area contributed by atoms with Gasteiger partial charge in [0.05, 0.1) is 12.2 Å². The number of hydrogen-bond acceptors (Lipinski definition) is 3. The van der Waals surface area contributed by atoms with Gasteiger partial charge in [-0.05, 0) is 31.5 Å². The first-order valence-corrected chi connectivity index (χ1v) is 6.57. The molecular weight excluding hydrogens is 280 g/mol. The number of nitrogens with one attached hydrogen (secondary N) is 1. The first-order valence-electron chi connectivity index (χ1n) is 5.78. The smallest absolute Gasteiger partial charge is 0.212 e. The Morgan fingerprint density at radius 1 is 1.41 bits per heavy atom. The normalized spacial score (nSPS) is 19.7. The van der Waals surface area contributed by atoms with Crippen LogP contribution in [0.15, 0.2) is 39.4 Å². The standard InChI is InChI=1S/C13H13BrN2O/c14-10-4-1-3-9(7-10)12-8-16-13(17-12)11-5-2-6-15-11/h1,3-4,7-8,11,15H,2,5-6H2. The van der Waals surface area contributed by atoms with Gasteiger partial charge in [-0.15, -0.1) is 0 Å². The Bertz CT molecular complexity index is 518. The van der Waals surface area contributed by atoms with Crippen molar-refractivity contribution in [3.8, 4) is 11.3 Å². The van der Waals surface area contributed by atoms with Crippen LogP contribution in [0.5, 0.6) is 0 Å². The largest absolute Gasteiger partial charge is 0.439 e. The number of nitrogens with zero attached hydrogens (tertiary/aromatic N) is 1. The molecule has 0 aliphatic carbocycles. The highest BCUT2D eigenvalue weighted by Gasteiger charge is 2.21. The molecule has 1 aliphatic heterocycles. The van der Waals surface area contributed by atoms with Gasteiger partial charge in [-0.25, -0.2) is 4.98 Å². The molecule has 2 heterocycles. The number of rotatable bonds is 2. The van der Waals surface area contributed by atoms with Crippen LogP contribution >= 0.6 is 15.9 Å². The van der Waals surface area contributed by atoms with Gasteiger partial charge in [0, 0.05) is 10.0 Å². The molecule has 0 radical (unpaired) electrons. The molecule has 1 aromatic carbocycles. The summed E-state index contributed by atoms with van der Waals surface area (Å²) in [7, 11) is 0. The van der Waals surface area contributed by atoms with E-state index in [9.17, 15) is 0 Å². The topological polar surface area (TPSA) is 38.1 Å². The van der Waals surface area contributed by atoms with E-state index in [1.807, 2.05) is 24.3 Å². The van der Waals surface area contributed by atoms with Crippen LogP contribution in [0.2, 0.25) is 0 Å². The maximum atomic E-state index is 5.81. The summed E-state index contributed by atoms with van der Waals surface area (Å²) in [5.74, 6) is 1.63. The molecule has 2 aromatic rings. The molecule has 0 saturated carbocycles. The van der Waals surface area contributed by atoms with Crippen LogP contribution in [0.4, 0.5) is 0 Å². The Kier molecular flexibility index (Phi) is 2.99. The molecule has 1 N–H and O–H groups in total. The van der Waals surface area contributed by atoms with E-state index in [4.69, 9.17) is 4.42 Å². The van der Waals surface area contributed by atoms with Crippen molar-refractivity contribution >= 4 is 15.9 Å². The molecule has 1 fully saturated rings. The van der Waals surface area contributed by atoms with Crippen molar-refractivity contribution < 1.29 is 4.42 Å². The Balaban J connectivity index is 1.89. The lowest BCUT2D eigenvalue weighted by atomic mass is 10.2. The van der Waals surface area contributed by atoms with Crippen LogP contribution in [0, 0.1) is 0 Å². The highest BCUT2D eigenvalue weighted by atomic mass is 79.9. The fourth-order valence-corrected chi connectivity index (χ4v) is 2.52. The van der Waals surface area contributed by atoms with Gasteiger partial charge in [-0.3, -0.25) is 0 Å². The van der Waals surface area contributed by atoms with Crippen molar-refractivity contribution in [2.75, 3.05) is 6.54 Å². The van der Waals surface area contributed by atoms with Gasteiger partial charge in [-0.1, -0.05) is 28.1 Å². The van der Waals surface area contributed by atoms with Gasteiger partial charge in [0.15, 0.2) is 5.76 Å². The molecule has 17 heavy (non-hydrogen) atoms. The molecule has 0 spiro atoms. The zero-order valence-electron chi connectivity index (χ0n) is 9.32. The van der Waals surface area contributed by atoms with Gasteiger partial charge >= 0.3 is 0 Å². The van der Waals surface area contributed by atoms with Crippen LogP contribution in [0.3, 0.4) is 0 Å². The quantitative estimate of drug-likeness (QED) is 0.920. The average Bonchev–Trinajstić information content (AvgIpc) is 3.00. The number of oxazole rings is 1. The Labute approximate surface area is 108 Å². The van der Waals surface area contributed by atoms with Crippen molar-refractivity contribution in [3.05, 3.63) is 40.8 Å². The molecule has 1 atom stereocenters. The van der Waals surface area contributed by atoms with E-state index in [0.717, 1.165) is 34.7 Å². The molecule has 0 bridgehead atoms. The molecule has 88 valence electrons. The number of hydrogen-bond donors (Lipinski definition) is 1. The fourth-order valence-electron chi connectivity index (χ4n) is 2.12. The van der Waals surface area contributed by atoms with Gasteiger partial charge < -0.3 is 9.73 Å². The van der Waals surface area contributed by atoms with Crippen LogP contribution < -0.4 is 5.32 Å². The Morgan fingerprint density at radius 3 is 3.12 bits per heavy atom. The molecule has 3 nitrogen and oxygen atoms in total. The molecular formula is C13H13BrN2O. The second-order valence-electron chi connectivity index (χ2n) is 4.22. The van der Waals surface area contributed by atoms with Gasteiger partial charge in [0.25, 0.3) is 0 Å². The molecule has 1 unspecified atom stereocenters. The third-order valence-corrected chi connectivity index (χ3v) is 3.48. The molecule has 1 aliphatic rings. The average molecular weight is 293 g/mol. The summed E-state index contributed by atoms with van der Waals surface area (Å²) in [5.41, 5.74) is 1.05. The minimum absolute atomic E-state index is 0.288. The minimum atomic E-state index is 0.288. The summed E-state index contributed by atoms with van der Waals surface area (Å²) in [6.45, 7) is 1.05. The summed E-state index contributed by atoms with van der Waals surface area (Å²) < 4.78 is 6.86. The number of aromatic nitrogens is 1. The molecule has 0 amide bonds. The van der Waals surface area contributed by atoms with Crippen molar-refractivity contribution in [3.63, 3.8) is 0 Å². The lowest BCUT2D eigenvalue weighted by molar-refractivity contribution is 0.437. The third kappa shape index (κ3) is 2.28. The van der Waals surface area contributed by atoms with Crippen LogP contribution in [-0.2, 0) is 0 Å². The Morgan fingerprint density at radius 2 is 2.35 bits per heavy atom. The van der Waals surface area contributed by atoms with Gasteiger partial charge in [-0.2, -0.15) is 0 Å². The lowest BCUT2D eigenvalue weighted by Gasteiger charge is -2.03. The number of benzene rings is 1.